The second kappa shape index (κ2) is 14.3. The molecule has 0 heterocycles. The molecule has 0 aliphatic carbocycles. The van der Waals surface area contributed by atoms with Gasteiger partial charge in [-0.05, 0) is 49.4 Å². The quantitative estimate of drug-likeness (QED) is 0.378. The van der Waals surface area contributed by atoms with E-state index in [-0.39, 0.29) is 0 Å². The maximum Gasteiger partial charge on any atom is 0.191 e. The fourth-order valence-electron chi connectivity index (χ4n) is 2.89. The number of hydrogen-bond donors (Lipinski definition) is 2. The Balaban J connectivity index is 1.87. The third kappa shape index (κ3) is 9.72. The molecule has 0 spiro atoms. The minimum absolute atomic E-state index is 0.568. The summed E-state index contributed by atoms with van der Waals surface area (Å²) in [5.74, 6) is 2.49. The first kappa shape index (κ1) is 24.5. The Hall–Kier alpha value is -2.77. The minimum atomic E-state index is 0.568. The second-order valence-corrected chi connectivity index (χ2v) is 7.19. The number of rotatable bonds is 13. The van der Waals surface area contributed by atoms with Crippen molar-refractivity contribution in [1.29, 1.82) is 0 Å². The van der Waals surface area contributed by atoms with Crippen molar-refractivity contribution in [3.05, 3.63) is 59.7 Å². The number of guanidine groups is 1. The molecule has 0 saturated heterocycles. The van der Waals surface area contributed by atoms with Crippen LogP contribution in [-0.4, -0.2) is 65.0 Å². The van der Waals surface area contributed by atoms with Crippen LogP contribution in [0.5, 0.6) is 11.5 Å². The van der Waals surface area contributed by atoms with Gasteiger partial charge in [0.1, 0.15) is 18.1 Å². The zero-order valence-corrected chi connectivity index (χ0v) is 19.2. The van der Waals surface area contributed by atoms with Crippen LogP contribution in [0.25, 0.3) is 0 Å². The summed E-state index contributed by atoms with van der Waals surface area (Å²) < 4.78 is 16.3. The maximum absolute atomic E-state index is 5.90. The van der Waals surface area contributed by atoms with E-state index in [1.54, 1.807) is 14.2 Å². The molecule has 0 bridgehead atoms. The summed E-state index contributed by atoms with van der Waals surface area (Å²) in [6, 6.07) is 16.1. The van der Waals surface area contributed by atoms with Gasteiger partial charge in [0.25, 0.3) is 0 Å². The van der Waals surface area contributed by atoms with Gasteiger partial charge in [-0.2, -0.15) is 0 Å². The molecule has 2 aromatic carbocycles. The number of benzene rings is 2. The van der Waals surface area contributed by atoms with Crippen LogP contribution in [0.2, 0.25) is 0 Å². The van der Waals surface area contributed by atoms with E-state index in [2.05, 4.69) is 41.6 Å². The van der Waals surface area contributed by atoms with E-state index < -0.39 is 0 Å². The maximum atomic E-state index is 5.90. The Bertz CT molecular complexity index is 798. The van der Waals surface area contributed by atoms with Crippen LogP contribution in [-0.2, 0) is 17.8 Å². The molecule has 7 nitrogen and oxygen atoms in total. The van der Waals surface area contributed by atoms with Crippen molar-refractivity contribution in [2.24, 2.45) is 4.99 Å². The van der Waals surface area contributed by atoms with E-state index in [0.717, 1.165) is 54.8 Å². The monoisotopic (exact) mass is 428 g/mol. The summed E-state index contributed by atoms with van der Waals surface area (Å²) >= 11 is 0. The van der Waals surface area contributed by atoms with Gasteiger partial charge in [0.15, 0.2) is 5.96 Å². The third-order valence-electron chi connectivity index (χ3n) is 4.68. The van der Waals surface area contributed by atoms with Crippen LogP contribution in [0, 0.1) is 0 Å². The number of ether oxygens (including phenoxy) is 3. The Morgan fingerprint density at radius 1 is 0.935 bits per heavy atom. The number of likely N-dealkylation sites (N-methyl/N-ethyl adjacent to an activating group) is 1. The van der Waals surface area contributed by atoms with Crippen molar-refractivity contribution in [2.75, 3.05) is 54.1 Å². The Morgan fingerprint density at radius 2 is 1.65 bits per heavy atom. The van der Waals surface area contributed by atoms with E-state index in [1.165, 1.54) is 0 Å². The molecule has 0 radical (unpaired) electrons. The fraction of sp³-hybridized carbons (Fsp3) is 0.458. The molecule has 2 N–H and O–H groups in total. The SMILES string of the molecule is CCNC(=NCc1cccc(OCCN(C)CCOC)c1)NCc1cccc(OC)c1. The van der Waals surface area contributed by atoms with E-state index in [4.69, 9.17) is 19.2 Å². The predicted octanol–water partition coefficient (Wildman–Crippen LogP) is 2.91. The van der Waals surface area contributed by atoms with Gasteiger partial charge in [-0.1, -0.05) is 24.3 Å². The molecule has 170 valence electrons. The van der Waals surface area contributed by atoms with Gasteiger partial charge in [-0.25, -0.2) is 4.99 Å². The van der Waals surface area contributed by atoms with Gasteiger partial charge in [0, 0.05) is 33.3 Å². The fourth-order valence-corrected chi connectivity index (χ4v) is 2.89. The van der Waals surface area contributed by atoms with Crippen LogP contribution in [0.1, 0.15) is 18.1 Å². The Morgan fingerprint density at radius 3 is 2.39 bits per heavy atom. The molecule has 2 aromatic rings. The van der Waals surface area contributed by atoms with Crippen LogP contribution in [0.15, 0.2) is 53.5 Å². The highest BCUT2D eigenvalue weighted by molar-refractivity contribution is 5.79. The number of nitrogens with one attached hydrogen (secondary N) is 2. The average Bonchev–Trinajstić information content (AvgIpc) is 2.80. The molecular formula is C24H36N4O3. The molecule has 0 aromatic heterocycles. The van der Waals surface area contributed by atoms with Crippen LogP contribution in [0.3, 0.4) is 0 Å². The van der Waals surface area contributed by atoms with Crippen molar-refractivity contribution in [3.63, 3.8) is 0 Å². The lowest BCUT2D eigenvalue weighted by atomic mass is 10.2. The summed E-state index contributed by atoms with van der Waals surface area (Å²) in [7, 11) is 5.46. The zero-order chi connectivity index (χ0) is 22.3. The van der Waals surface area contributed by atoms with Gasteiger partial charge in [0.05, 0.1) is 20.3 Å². The van der Waals surface area contributed by atoms with Crippen molar-refractivity contribution in [1.82, 2.24) is 15.5 Å². The topological polar surface area (TPSA) is 67.4 Å². The molecular weight excluding hydrogens is 392 g/mol. The Labute approximate surface area is 186 Å². The summed E-state index contributed by atoms with van der Waals surface area (Å²) in [6.07, 6.45) is 0. The molecule has 0 unspecified atom stereocenters. The highest BCUT2D eigenvalue weighted by Crippen LogP contribution is 2.14. The smallest absolute Gasteiger partial charge is 0.191 e. The van der Waals surface area contributed by atoms with Crippen molar-refractivity contribution in [2.45, 2.75) is 20.0 Å². The van der Waals surface area contributed by atoms with E-state index >= 15 is 0 Å². The molecule has 0 amide bonds. The minimum Gasteiger partial charge on any atom is -0.497 e. The van der Waals surface area contributed by atoms with Gasteiger partial charge < -0.3 is 29.7 Å². The van der Waals surface area contributed by atoms with Crippen molar-refractivity contribution < 1.29 is 14.2 Å². The molecule has 7 heteroatoms. The second-order valence-electron chi connectivity index (χ2n) is 7.19. The molecule has 0 saturated carbocycles. The first-order valence-corrected chi connectivity index (χ1v) is 10.7. The van der Waals surface area contributed by atoms with Crippen LogP contribution in [0.4, 0.5) is 0 Å². The lowest BCUT2D eigenvalue weighted by Gasteiger charge is -2.16. The largest absolute Gasteiger partial charge is 0.497 e. The van der Waals surface area contributed by atoms with E-state index in [1.807, 2.05) is 36.4 Å². The average molecular weight is 429 g/mol. The van der Waals surface area contributed by atoms with E-state index in [9.17, 15) is 0 Å². The molecule has 0 aliphatic heterocycles. The molecule has 2 rings (SSSR count). The third-order valence-corrected chi connectivity index (χ3v) is 4.68. The molecule has 0 fully saturated rings. The lowest BCUT2D eigenvalue weighted by molar-refractivity contribution is 0.150. The molecule has 0 atom stereocenters. The first-order valence-electron chi connectivity index (χ1n) is 10.7. The summed E-state index contributed by atoms with van der Waals surface area (Å²) in [5.41, 5.74) is 2.24. The standard InChI is InChI=1S/C24H36N4O3/c1-5-25-24(26-18-20-8-6-10-22(16-20)30-4)27-19-21-9-7-11-23(17-21)31-15-13-28(2)12-14-29-3/h6-11,16-17H,5,12-15,18-19H2,1-4H3,(H2,25,26,27). The van der Waals surface area contributed by atoms with Gasteiger partial charge in [-0.3, -0.25) is 0 Å². The number of methoxy groups -OCH3 is 2. The zero-order valence-electron chi connectivity index (χ0n) is 19.2. The summed E-state index contributed by atoms with van der Waals surface area (Å²) in [6.45, 7) is 7.20. The summed E-state index contributed by atoms with van der Waals surface area (Å²) in [5, 5.41) is 6.66. The molecule has 31 heavy (non-hydrogen) atoms. The van der Waals surface area contributed by atoms with Crippen LogP contribution >= 0.6 is 0 Å². The van der Waals surface area contributed by atoms with Gasteiger partial charge in [-0.15, -0.1) is 0 Å². The number of hydrogen-bond acceptors (Lipinski definition) is 5. The Kier molecular flexibility index (Phi) is 11.3. The first-order chi connectivity index (χ1) is 15.1. The van der Waals surface area contributed by atoms with Crippen molar-refractivity contribution in [3.8, 4) is 11.5 Å². The van der Waals surface area contributed by atoms with E-state index in [0.29, 0.717) is 19.7 Å². The van der Waals surface area contributed by atoms with Gasteiger partial charge >= 0.3 is 0 Å². The van der Waals surface area contributed by atoms with Crippen LogP contribution < -0.4 is 20.1 Å². The molecule has 0 aliphatic rings. The van der Waals surface area contributed by atoms with Crippen molar-refractivity contribution >= 4 is 5.96 Å². The lowest BCUT2D eigenvalue weighted by Crippen LogP contribution is -2.36. The normalized spacial score (nSPS) is 11.5. The predicted molar refractivity (Wildman–Crippen MR) is 126 cm³/mol. The number of aliphatic imine (C=N–C) groups is 1. The number of nitrogens with zero attached hydrogens (tertiary/aromatic N) is 2. The highest BCUT2D eigenvalue weighted by Gasteiger charge is 2.03. The highest BCUT2D eigenvalue weighted by atomic mass is 16.5. The van der Waals surface area contributed by atoms with Gasteiger partial charge in [0.2, 0.25) is 0 Å². The summed E-state index contributed by atoms with van der Waals surface area (Å²) in [4.78, 5) is 6.90.